The number of ether oxygens (including phenoxy) is 2. The molecule has 0 unspecified atom stereocenters. The van der Waals surface area contributed by atoms with E-state index in [1.54, 1.807) is 0 Å². The topological polar surface area (TPSA) is 111 Å². The molecule has 0 aromatic carbocycles. The molecule has 4 bridgehead atoms. The number of carbonyl (C=O) groups is 2. The Balaban J connectivity index is 0.000000181. The van der Waals surface area contributed by atoms with Gasteiger partial charge in [0.05, 0.1) is 0 Å². The zero-order valence-electron chi connectivity index (χ0n) is 20.8. The molecule has 6 atom stereocenters. The Bertz CT molecular complexity index is 628. The molecule has 0 aromatic rings. The van der Waals surface area contributed by atoms with E-state index in [0.717, 1.165) is 51.6 Å². The molecule has 6 fully saturated rings. The predicted octanol–water partition coefficient (Wildman–Crippen LogP) is 3.47. The van der Waals surface area contributed by atoms with Gasteiger partial charge in [-0.3, -0.25) is 0 Å². The Morgan fingerprint density at radius 3 is 1.25 bits per heavy atom. The zero-order chi connectivity index (χ0) is 23.8. The molecule has 4 heterocycles. The lowest BCUT2D eigenvalue weighted by Crippen LogP contribution is -2.59. The second-order valence-electron chi connectivity index (χ2n) is 12.0. The number of amides is 2. The lowest BCUT2D eigenvalue weighted by Gasteiger charge is -2.48. The summed E-state index contributed by atoms with van der Waals surface area (Å²) in [7, 11) is 0. The summed E-state index contributed by atoms with van der Waals surface area (Å²) in [6, 6.07) is 1.15. The average molecular weight is 453 g/mol. The first-order valence-electron chi connectivity index (χ1n) is 12.2. The third kappa shape index (κ3) is 6.28. The van der Waals surface area contributed by atoms with E-state index in [0.29, 0.717) is 23.9 Å². The lowest BCUT2D eigenvalue weighted by molar-refractivity contribution is -0.0178. The molecule has 6 rings (SSSR count). The van der Waals surface area contributed by atoms with Crippen molar-refractivity contribution >= 4 is 12.2 Å². The van der Waals surface area contributed by atoms with Crippen molar-refractivity contribution in [2.75, 3.05) is 13.1 Å². The molecule has 2 saturated carbocycles. The minimum absolute atomic E-state index is 0.172. The minimum Gasteiger partial charge on any atom is -0.444 e. The van der Waals surface area contributed by atoms with Crippen LogP contribution in [-0.4, -0.2) is 70.4 Å². The molecule has 8 heteroatoms. The van der Waals surface area contributed by atoms with E-state index in [1.165, 1.54) is 0 Å². The van der Waals surface area contributed by atoms with Gasteiger partial charge in [-0.25, -0.2) is 9.59 Å². The van der Waals surface area contributed by atoms with Crippen molar-refractivity contribution in [2.45, 2.75) is 115 Å². The Labute approximate surface area is 193 Å². The third-order valence-electron chi connectivity index (χ3n) is 7.04. The molecule has 0 radical (unpaired) electrons. The first kappa shape index (κ1) is 25.1. The van der Waals surface area contributed by atoms with Gasteiger partial charge in [0.15, 0.2) is 0 Å². The van der Waals surface area contributed by atoms with Gasteiger partial charge >= 0.3 is 12.2 Å². The van der Waals surface area contributed by atoms with Crippen LogP contribution in [0.1, 0.15) is 80.1 Å². The fourth-order valence-electron chi connectivity index (χ4n) is 5.40. The van der Waals surface area contributed by atoms with Crippen molar-refractivity contribution in [2.24, 2.45) is 23.3 Å². The van der Waals surface area contributed by atoms with E-state index in [1.807, 2.05) is 51.3 Å². The van der Waals surface area contributed by atoms with E-state index in [4.69, 9.17) is 20.9 Å². The highest BCUT2D eigenvalue weighted by Gasteiger charge is 2.43. The standard InChI is InChI=1S/2C12H22N2O2/c2*1-12(2,3)16-11(15)14-7-8-4-5-9(14)6-10(8)13/h2*8-10H,4-7,13H2,1-3H3/t2*8-,9-,10-/m10/s1. The van der Waals surface area contributed by atoms with Crippen LogP contribution in [0, 0.1) is 11.8 Å². The summed E-state index contributed by atoms with van der Waals surface area (Å²) < 4.78 is 10.8. The molecule has 0 spiro atoms. The molecule has 184 valence electrons. The summed E-state index contributed by atoms with van der Waals surface area (Å²) in [5.41, 5.74) is 11.2. The Morgan fingerprint density at radius 1 is 0.688 bits per heavy atom. The fourth-order valence-corrected chi connectivity index (χ4v) is 5.40. The Morgan fingerprint density at radius 2 is 1.03 bits per heavy atom. The Hall–Kier alpha value is -1.54. The van der Waals surface area contributed by atoms with Gasteiger partial charge in [0.1, 0.15) is 11.2 Å². The fraction of sp³-hybridized carbons (Fsp3) is 0.917. The lowest BCUT2D eigenvalue weighted by atomic mass is 9.77. The average Bonchev–Trinajstić information content (AvgIpc) is 2.66. The number of nitrogens with zero attached hydrogens (tertiary/aromatic N) is 2. The van der Waals surface area contributed by atoms with Crippen LogP contribution in [0.3, 0.4) is 0 Å². The number of nitrogens with two attached hydrogens (primary N) is 2. The second-order valence-corrected chi connectivity index (χ2v) is 12.0. The zero-order valence-corrected chi connectivity index (χ0v) is 20.8. The molecule has 8 nitrogen and oxygen atoms in total. The van der Waals surface area contributed by atoms with Gasteiger partial charge in [-0.05, 0) is 91.9 Å². The highest BCUT2D eigenvalue weighted by molar-refractivity contribution is 5.69. The molecule has 0 aromatic heterocycles. The second kappa shape index (κ2) is 9.37. The quantitative estimate of drug-likeness (QED) is 0.582. The molecule has 32 heavy (non-hydrogen) atoms. The monoisotopic (exact) mass is 452 g/mol. The van der Waals surface area contributed by atoms with Gasteiger partial charge < -0.3 is 30.7 Å². The summed E-state index contributed by atoms with van der Waals surface area (Å²) >= 11 is 0. The highest BCUT2D eigenvalue weighted by atomic mass is 16.6. The molecule has 6 aliphatic rings. The minimum atomic E-state index is -0.407. The normalized spacial score (nSPS) is 34.0. The van der Waals surface area contributed by atoms with Crippen LogP contribution in [0.15, 0.2) is 0 Å². The van der Waals surface area contributed by atoms with Crippen LogP contribution in [0.4, 0.5) is 9.59 Å². The summed E-state index contributed by atoms with van der Waals surface area (Å²) in [6.07, 6.45) is 6.00. The largest absolute Gasteiger partial charge is 0.444 e. The van der Waals surface area contributed by atoms with Gasteiger partial charge in [0.25, 0.3) is 0 Å². The maximum atomic E-state index is 12.0. The number of fused-ring (bicyclic) bond motifs is 6. The highest BCUT2D eigenvalue weighted by Crippen LogP contribution is 2.36. The SMILES string of the molecule is CC(C)(C)OC(=O)N1C[C@@H]2CC[C@H]1C[C@@H]2N.CC(C)(C)OC(=O)N1C[C@H]2CC[C@@H]1C[C@H]2N. The number of carbonyl (C=O) groups excluding carboxylic acids is 2. The molecular weight excluding hydrogens is 408 g/mol. The van der Waals surface area contributed by atoms with Gasteiger partial charge in [-0.1, -0.05) is 0 Å². The van der Waals surface area contributed by atoms with Gasteiger partial charge in [-0.15, -0.1) is 0 Å². The molecule has 4 aliphatic heterocycles. The van der Waals surface area contributed by atoms with Crippen molar-refractivity contribution in [3.63, 3.8) is 0 Å². The van der Waals surface area contributed by atoms with E-state index in [9.17, 15) is 9.59 Å². The van der Waals surface area contributed by atoms with Crippen LogP contribution in [-0.2, 0) is 9.47 Å². The van der Waals surface area contributed by atoms with Crippen LogP contribution >= 0.6 is 0 Å². The van der Waals surface area contributed by atoms with Gasteiger partial charge in [-0.2, -0.15) is 0 Å². The van der Waals surface area contributed by atoms with Gasteiger partial charge in [0.2, 0.25) is 0 Å². The van der Waals surface area contributed by atoms with Crippen LogP contribution in [0.25, 0.3) is 0 Å². The van der Waals surface area contributed by atoms with E-state index >= 15 is 0 Å². The summed E-state index contributed by atoms with van der Waals surface area (Å²) in [5.74, 6) is 0.940. The van der Waals surface area contributed by atoms with Crippen molar-refractivity contribution < 1.29 is 19.1 Å². The molecule has 4 saturated heterocycles. The maximum Gasteiger partial charge on any atom is 0.410 e. The number of hydrogen-bond acceptors (Lipinski definition) is 6. The molecular formula is C24H44N4O4. The molecule has 4 N–H and O–H groups in total. The van der Waals surface area contributed by atoms with Crippen LogP contribution in [0.5, 0.6) is 0 Å². The van der Waals surface area contributed by atoms with Crippen LogP contribution < -0.4 is 11.5 Å². The molecule has 2 aliphatic carbocycles. The number of rotatable bonds is 0. The third-order valence-corrected chi connectivity index (χ3v) is 7.04. The smallest absolute Gasteiger partial charge is 0.410 e. The van der Waals surface area contributed by atoms with Gasteiger partial charge in [0, 0.05) is 37.3 Å². The van der Waals surface area contributed by atoms with Crippen molar-refractivity contribution in [3.8, 4) is 0 Å². The van der Waals surface area contributed by atoms with E-state index in [-0.39, 0.29) is 24.3 Å². The van der Waals surface area contributed by atoms with Crippen LogP contribution in [0.2, 0.25) is 0 Å². The van der Waals surface area contributed by atoms with Crippen molar-refractivity contribution in [1.29, 1.82) is 0 Å². The summed E-state index contributed by atoms with van der Waals surface area (Å²) in [6.45, 7) is 13.0. The Kier molecular flexibility index (Phi) is 7.35. The number of hydrogen-bond donors (Lipinski definition) is 2. The predicted molar refractivity (Wildman–Crippen MR) is 124 cm³/mol. The first-order valence-corrected chi connectivity index (χ1v) is 12.2. The maximum absolute atomic E-state index is 12.0. The summed E-state index contributed by atoms with van der Waals surface area (Å²) in [5, 5.41) is 0. The summed E-state index contributed by atoms with van der Waals surface area (Å²) in [4.78, 5) is 27.7. The van der Waals surface area contributed by atoms with E-state index < -0.39 is 11.2 Å². The molecule has 2 amide bonds. The van der Waals surface area contributed by atoms with E-state index in [2.05, 4.69) is 0 Å². The van der Waals surface area contributed by atoms with Crippen molar-refractivity contribution in [3.05, 3.63) is 0 Å². The first-order chi connectivity index (χ1) is 14.7. The number of piperidine rings is 4. The van der Waals surface area contributed by atoms with Crippen molar-refractivity contribution in [1.82, 2.24) is 9.80 Å².